The third-order valence-corrected chi connectivity index (χ3v) is 5.55. The maximum Gasteiger partial charge on any atom is 0.337 e. The molecule has 1 heterocycles. The predicted octanol–water partition coefficient (Wildman–Crippen LogP) is 2.24. The van der Waals surface area contributed by atoms with Gasteiger partial charge >= 0.3 is 5.97 Å². The van der Waals surface area contributed by atoms with E-state index in [1.807, 2.05) is 6.07 Å². The first-order chi connectivity index (χ1) is 10.8. The van der Waals surface area contributed by atoms with Crippen LogP contribution in [0.3, 0.4) is 0 Å². The Hall–Kier alpha value is -2.11. The summed E-state index contributed by atoms with van der Waals surface area (Å²) in [6.07, 6.45) is -0.237. The largest absolute Gasteiger partial charge is 0.478 e. The van der Waals surface area contributed by atoms with E-state index in [1.54, 1.807) is 0 Å². The Bertz CT molecular complexity index is 826. The molecule has 1 N–H and O–H groups in total. The van der Waals surface area contributed by atoms with Gasteiger partial charge in [0.1, 0.15) is 6.10 Å². The van der Waals surface area contributed by atoms with Crippen LogP contribution in [0.2, 0.25) is 5.02 Å². The molecule has 0 aromatic heterocycles. The van der Waals surface area contributed by atoms with Crippen molar-refractivity contribution in [2.24, 2.45) is 5.16 Å². The van der Waals surface area contributed by atoms with E-state index in [2.05, 4.69) is 5.16 Å². The molecular weight excluding hydrogens is 344 g/mol. The fourth-order valence-corrected chi connectivity index (χ4v) is 3.72. The Balaban J connectivity index is 2.62. The highest BCUT2D eigenvalue weighted by Gasteiger charge is 2.31. The number of hydrogen-bond acceptors (Lipinski definition) is 6. The van der Waals surface area contributed by atoms with Crippen LogP contribution in [0.15, 0.2) is 22.2 Å². The highest BCUT2D eigenvalue weighted by molar-refractivity contribution is 7.91. The summed E-state index contributed by atoms with van der Waals surface area (Å²) in [4.78, 5) is 16.2. The highest BCUT2D eigenvalue weighted by atomic mass is 35.5. The number of rotatable bonds is 5. The average molecular weight is 357 g/mol. The lowest BCUT2D eigenvalue weighted by atomic mass is 10.0. The van der Waals surface area contributed by atoms with Gasteiger partial charge < -0.3 is 9.94 Å². The van der Waals surface area contributed by atoms with Gasteiger partial charge in [0.15, 0.2) is 9.84 Å². The van der Waals surface area contributed by atoms with E-state index < -0.39 is 21.9 Å². The third kappa shape index (κ3) is 3.30. The smallest absolute Gasteiger partial charge is 0.337 e. The van der Waals surface area contributed by atoms with Crippen LogP contribution in [0, 0.1) is 11.3 Å². The van der Waals surface area contributed by atoms with E-state index in [4.69, 9.17) is 21.7 Å². The maximum atomic E-state index is 12.3. The standard InChI is InChI=1S/C14H13ClN2O5S/c1-2-23(20,21)11-4-3-9(14(18)19)13(15)12(11)10-7-8(5-6-16)22-17-10/h3-4,8H,2,5,7H2,1H3,(H,18,19)/t8-/m0/s1. The van der Waals surface area contributed by atoms with Crippen LogP contribution in [-0.4, -0.2) is 37.1 Å². The number of oxime groups is 1. The van der Waals surface area contributed by atoms with Crippen LogP contribution in [0.25, 0.3) is 0 Å². The molecule has 2 rings (SSSR count). The average Bonchev–Trinajstić information content (AvgIpc) is 2.95. The number of nitrogens with zero attached hydrogens (tertiary/aromatic N) is 2. The molecule has 0 bridgehead atoms. The summed E-state index contributed by atoms with van der Waals surface area (Å²) < 4.78 is 24.5. The molecule has 0 spiro atoms. The maximum absolute atomic E-state index is 12.3. The van der Waals surface area contributed by atoms with Gasteiger partial charge in [-0.2, -0.15) is 5.26 Å². The Kier molecular flexibility index (Phi) is 4.92. The lowest BCUT2D eigenvalue weighted by molar-refractivity contribution is 0.0697. The van der Waals surface area contributed by atoms with E-state index in [0.29, 0.717) is 0 Å². The normalized spacial score (nSPS) is 17.3. The number of carboxylic acids is 1. The molecule has 122 valence electrons. The summed E-state index contributed by atoms with van der Waals surface area (Å²) in [5, 5.41) is 21.5. The molecule has 0 aliphatic carbocycles. The minimum atomic E-state index is -3.64. The van der Waals surface area contributed by atoms with Crippen LogP contribution < -0.4 is 0 Å². The Labute approximate surface area is 138 Å². The molecule has 1 aromatic rings. The van der Waals surface area contributed by atoms with Crippen molar-refractivity contribution in [3.8, 4) is 6.07 Å². The van der Waals surface area contributed by atoms with Gasteiger partial charge in [0.05, 0.1) is 39.4 Å². The van der Waals surface area contributed by atoms with Gasteiger partial charge in [0.2, 0.25) is 0 Å². The second-order valence-electron chi connectivity index (χ2n) is 4.84. The monoisotopic (exact) mass is 356 g/mol. The first kappa shape index (κ1) is 17.2. The Morgan fingerprint density at radius 2 is 2.26 bits per heavy atom. The fourth-order valence-electron chi connectivity index (χ4n) is 2.19. The first-order valence-corrected chi connectivity index (χ1v) is 8.73. The minimum Gasteiger partial charge on any atom is -0.478 e. The van der Waals surface area contributed by atoms with Crippen LogP contribution in [0.4, 0.5) is 0 Å². The first-order valence-electron chi connectivity index (χ1n) is 6.70. The molecular formula is C14H13ClN2O5S. The molecule has 0 saturated carbocycles. The summed E-state index contributed by atoms with van der Waals surface area (Å²) >= 11 is 6.13. The van der Waals surface area contributed by atoms with Crippen molar-refractivity contribution >= 4 is 33.1 Å². The summed E-state index contributed by atoms with van der Waals surface area (Å²) in [5.74, 6) is -1.44. The van der Waals surface area contributed by atoms with E-state index in [1.165, 1.54) is 13.0 Å². The van der Waals surface area contributed by atoms with Crippen LogP contribution >= 0.6 is 11.6 Å². The van der Waals surface area contributed by atoms with Crippen molar-refractivity contribution in [2.75, 3.05) is 5.75 Å². The van der Waals surface area contributed by atoms with Gasteiger partial charge in [-0.3, -0.25) is 0 Å². The molecule has 1 aromatic carbocycles. The summed E-state index contributed by atoms with van der Waals surface area (Å²) in [6.45, 7) is 1.48. The lowest BCUT2D eigenvalue weighted by Crippen LogP contribution is -2.15. The van der Waals surface area contributed by atoms with Crippen LogP contribution in [0.1, 0.15) is 35.7 Å². The van der Waals surface area contributed by atoms with E-state index in [9.17, 15) is 18.3 Å². The van der Waals surface area contributed by atoms with Crippen molar-refractivity contribution in [3.05, 3.63) is 28.3 Å². The lowest BCUT2D eigenvalue weighted by Gasteiger charge is -2.12. The molecule has 9 heteroatoms. The van der Waals surface area contributed by atoms with Gasteiger partial charge in [0.25, 0.3) is 0 Å². The SMILES string of the molecule is CCS(=O)(=O)c1ccc(C(=O)O)c(Cl)c1C1=NO[C@@H](CC#N)C1. The summed E-state index contributed by atoms with van der Waals surface area (Å²) in [7, 11) is -3.64. The number of hydrogen-bond donors (Lipinski definition) is 1. The minimum absolute atomic E-state index is 0.0360. The second-order valence-corrected chi connectivity index (χ2v) is 7.47. The Morgan fingerprint density at radius 1 is 1.57 bits per heavy atom. The zero-order valence-corrected chi connectivity index (χ0v) is 13.7. The molecule has 0 saturated heterocycles. The molecule has 0 radical (unpaired) electrons. The quantitative estimate of drug-likeness (QED) is 0.864. The van der Waals surface area contributed by atoms with Gasteiger partial charge in [0, 0.05) is 12.0 Å². The molecule has 0 fully saturated rings. The molecule has 1 aliphatic rings. The molecule has 0 amide bonds. The zero-order valence-electron chi connectivity index (χ0n) is 12.1. The van der Waals surface area contributed by atoms with Crippen molar-refractivity contribution in [2.45, 2.75) is 30.8 Å². The van der Waals surface area contributed by atoms with Gasteiger partial charge in [-0.25, -0.2) is 13.2 Å². The number of carboxylic acid groups (broad SMARTS) is 1. The van der Waals surface area contributed by atoms with Crippen LogP contribution in [0.5, 0.6) is 0 Å². The highest BCUT2D eigenvalue weighted by Crippen LogP contribution is 2.32. The zero-order chi connectivity index (χ0) is 17.2. The van der Waals surface area contributed by atoms with Crippen LogP contribution in [-0.2, 0) is 14.7 Å². The number of carbonyl (C=O) groups is 1. The third-order valence-electron chi connectivity index (χ3n) is 3.39. The van der Waals surface area contributed by atoms with Crippen molar-refractivity contribution in [3.63, 3.8) is 0 Å². The number of aromatic carboxylic acids is 1. The van der Waals surface area contributed by atoms with Crippen molar-refractivity contribution in [1.82, 2.24) is 0 Å². The summed E-state index contributed by atoms with van der Waals surface area (Å²) in [5.41, 5.74) is 0.0439. The van der Waals surface area contributed by atoms with E-state index >= 15 is 0 Å². The van der Waals surface area contributed by atoms with Crippen molar-refractivity contribution in [1.29, 1.82) is 5.26 Å². The molecule has 1 aliphatic heterocycles. The Morgan fingerprint density at radius 3 is 2.83 bits per heavy atom. The molecule has 1 atom stereocenters. The number of sulfone groups is 1. The van der Waals surface area contributed by atoms with Gasteiger partial charge in [-0.05, 0) is 12.1 Å². The van der Waals surface area contributed by atoms with E-state index in [0.717, 1.165) is 6.07 Å². The molecule has 23 heavy (non-hydrogen) atoms. The fraction of sp³-hybridized carbons (Fsp3) is 0.357. The van der Waals surface area contributed by atoms with Crippen molar-refractivity contribution < 1.29 is 23.2 Å². The summed E-state index contributed by atoms with van der Waals surface area (Å²) in [6, 6.07) is 4.30. The van der Waals surface area contributed by atoms with E-state index in [-0.39, 0.29) is 45.4 Å². The number of halogens is 1. The topological polar surface area (TPSA) is 117 Å². The number of benzene rings is 1. The molecule has 7 nitrogen and oxygen atoms in total. The second kappa shape index (κ2) is 6.56. The predicted molar refractivity (Wildman–Crippen MR) is 82.4 cm³/mol. The number of nitriles is 1. The van der Waals surface area contributed by atoms with Gasteiger partial charge in [-0.1, -0.05) is 23.7 Å². The molecule has 0 unspecified atom stereocenters. The van der Waals surface area contributed by atoms with Gasteiger partial charge in [-0.15, -0.1) is 0 Å².